The molecular formula is C9H9IN2O. The quantitative estimate of drug-likeness (QED) is 0.752. The van der Waals surface area contributed by atoms with E-state index in [1.807, 2.05) is 29.9 Å². The van der Waals surface area contributed by atoms with Crippen LogP contribution in [0.4, 0.5) is 0 Å². The first-order valence-electron chi connectivity index (χ1n) is 3.88. The van der Waals surface area contributed by atoms with Gasteiger partial charge in [0, 0.05) is 12.4 Å². The average molecular weight is 288 g/mol. The van der Waals surface area contributed by atoms with E-state index in [0.29, 0.717) is 0 Å². The number of ether oxygens (including phenoxy) is 1. The van der Waals surface area contributed by atoms with Crippen LogP contribution < -0.4 is 4.74 Å². The molecule has 1 aromatic heterocycles. The predicted molar refractivity (Wildman–Crippen MR) is 60.0 cm³/mol. The molecule has 0 amide bonds. The van der Waals surface area contributed by atoms with Crippen LogP contribution in [-0.2, 0) is 7.05 Å². The van der Waals surface area contributed by atoms with Gasteiger partial charge >= 0.3 is 0 Å². The highest BCUT2D eigenvalue weighted by atomic mass is 127. The van der Waals surface area contributed by atoms with Gasteiger partial charge in [-0.25, -0.2) is 0 Å². The Bertz CT molecular complexity index is 450. The molecule has 0 aliphatic heterocycles. The molecule has 0 radical (unpaired) electrons. The monoisotopic (exact) mass is 288 g/mol. The molecule has 0 aliphatic rings. The van der Waals surface area contributed by atoms with E-state index >= 15 is 0 Å². The molecule has 3 nitrogen and oxygen atoms in total. The lowest BCUT2D eigenvalue weighted by Gasteiger charge is -1.97. The number of rotatable bonds is 1. The summed E-state index contributed by atoms with van der Waals surface area (Å²) >= 11 is 2.28. The Hall–Kier alpha value is -0.780. The largest absolute Gasteiger partial charge is 0.497 e. The predicted octanol–water partition coefficient (Wildman–Crippen LogP) is 2.19. The van der Waals surface area contributed by atoms with E-state index in [9.17, 15) is 0 Å². The third-order valence-electron chi connectivity index (χ3n) is 1.97. The van der Waals surface area contributed by atoms with Crippen molar-refractivity contribution in [2.45, 2.75) is 0 Å². The number of hydrogen-bond donors (Lipinski definition) is 0. The summed E-state index contributed by atoms with van der Waals surface area (Å²) in [7, 11) is 3.61. The van der Waals surface area contributed by atoms with Gasteiger partial charge in [0.2, 0.25) is 0 Å². The first kappa shape index (κ1) is 8.80. The van der Waals surface area contributed by atoms with Crippen LogP contribution in [0, 0.1) is 3.70 Å². The Morgan fingerprint density at radius 1 is 1.46 bits per heavy atom. The van der Waals surface area contributed by atoms with Gasteiger partial charge in [-0.2, -0.15) is 5.10 Å². The molecule has 0 fully saturated rings. The van der Waals surface area contributed by atoms with Gasteiger partial charge in [0.05, 0.1) is 12.6 Å². The minimum Gasteiger partial charge on any atom is -0.497 e. The summed E-state index contributed by atoms with van der Waals surface area (Å²) in [5.41, 5.74) is 1.01. The van der Waals surface area contributed by atoms with Gasteiger partial charge in [0.25, 0.3) is 0 Å². The maximum Gasteiger partial charge on any atom is 0.119 e. The van der Waals surface area contributed by atoms with Gasteiger partial charge < -0.3 is 4.74 Å². The minimum atomic E-state index is 0.874. The highest BCUT2D eigenvalue weighted by Crippen LogP contribution is 2.23. The smallest absolute Gasteiger partial charge is 0.119 e. The number of fused-ring (bicyclic) bond motifs is 1. The van der Waals surface area contributed by atoms with E-state index in [4.69, 9.17) is 4.74 Å². The molecule has 68 valence electrons. The Kier molecular flexibility index (Phi) is 2.15. The first-order chi connectivity index (χ1) is 6.22. The molecule has 1 heterocycles. The fourth-order valence-corrected chi connectivity index (χ4v) is 1.81. The minimum absolute atomic E-state index is 0.874. The normalized spacial score (nSPS) is 10.7. The molecule has 0 unspecified atom stereocenters. The van der Waals surface area contributed by atoms with Crippen LogP contribution in [0.25, 0.3) is 10.9 Å². The molecule has 0 bridgehead atoms. The second kappa shape index (κ2) is 3.17. The van der Waals surface area contributed by atoms with Gasteiger partial charge in [-0.15, -0.1) is 0 Å². The first-order valence-corrected chi connectivity index (χ1v) is 4.96. The van der Waals surface area contributed by atoms with E-state index in [2.05, 4.69) is 27.7 Å². The SMILES string of the molecule is COc1ccc2nn(C)c(I)c2c1. The Balaban J connectivity index is 2.75. The third-order valence-corrected chi connectivity index (χ3v) is 3.25. The molecule has 0 aliphatic carbocycles. The summed E-state index contributed by atoms with van der Waals surface area (Å²) < 4.78 is 8.14. The average Bonchev–Trinajstić information content (AvgIpc) is 2.43. The number of hydrogen-bond acceptors (Lipinski definition) is 2. The summed E-state index contributed by atoms with van der Waals surface area (Å²) in [6, 6.07) is 5.89. The van der Waals surface area contributed by atoms with Gasteiger partial charge in [-0.1, -0.05) is 0 Å². The number of methoxy groups -OCH3 is 1. The summed E-state index contributed by atoms with van der Waals surface area (Å²) in [4.78, 5) is 0. The van der Waals surface area contributed by atoms with E-state index in [1.165, 1.54) is 0 Å². The molecule has 0 atom stereocenters. The lowest BCUT2D eigenvalue weighted by molar-refractivity contribution is 0.415. The van der Waals surface area contributed by atoms with E-state index in [1.54, 1.807) is 7.11 Å². The lowest BCUT2D eigenvalue weighted by Crippen LogP contribution is -1.91. The van der Waals surface area contributed by atoms with Crippen molar-refractivity contribution in [3.05, 3.63) is 21.9 Å². The van der Waals surface area contributed by atoms with Crippen molar-refractivity contribution in [2.24, 2.45) is 7.05 Å². The lowest BCUT2D eigenvalue weighted by atomic mass is 10.2. The number of benzene rings is 1. The molecule has 0 saturated heterocycles. The summed E-state index contributed by atoms with van der Waals surface area (Å²) in [6.07, 6.45) is 0. The van der Waals surface area contributed by atoms with Crippen LogP contribution in [0.5, 0.6) is 5.75 Å². The molecule has 13 heavy (non-hydrogen) atoms. The zero-order valence-electron chi connectivity index (χ0n) is 7.41. The van der Waals surface area contributed by atoms with E-state index in [0.717, 1.165) is 20.4 Å². The van der Waals surface area contributed by atoms with Crippen molar-refractivity contribution in [1.29, 1.82) is 0 Å². The summed E-state index contributed by atoms with van der Waals surface area (Å²) in [6.45, 7) is 0. The Labute approximate surface area is 89.8 Å². The molecule has 2 aromatic rings. The van der Waals surface area contributed by atoms with E-state index in [-0.39, 0.29) is 0 Å². The molecule has 0 N–H and O–H groups in total. The third kappa shape index (κ3) is 1.39. The van der Waals surface area contributed by atoms with Crippen molar-refractivity contribution in [3.8, 4) is 5.75 Å². The van der Waals surface area contributed by atoms with Crippen LogP contribution in [0.15, 0.2) is 18.2 Å². The zero-order valence-corrected chi connectivity index (χ0v) is 9.57. The van der Waals surface area contributed by atoms with E-state index < -0.39 is 0 Å². The number of aryl methyl sites for hydroxylation is 1. The van der Waals surface area contributed by atoms with Crippen LogP contribution in [0.3, 0.4) is 0 Å². The van der Waals surface area contributed by atoms with Crippen molar-refractivity contribution in [3.63, 3.8) is 0 Å². The van der Waals surface area contributed by atoms with Gasteiger partial charge in [-0.05, 0) is 40.8 Å². The van der Waals surface area contributed by atoms with Crippen molar-refractivity contribution in [2.75, 3.05) is 7.11 Å². The topological polar surface area (TPSA) is 27.1 Å². The van der Waals surface area contributed by atoms with Gasteiger partial charge in [0.15, 0.2) is 0 Å². The molecular weight excluding hydrogens is 279 g/mol. The zero-order chi connectivity index (χ0) is 9.42. The fraction of sp³-hybridized carbons (Fsp3) is 0.222. The van der Waals surface area contributed by atoms with Gasteiger partial charge in [0.1, 0.15) is 9.45 Å². The number of halogens is 1. The maximum atomic E-state index is 5.15. The fourth-order valence-electron chi connectivity index (χ4n) is 1.27. The molecule has 1 aromatic carbocycles. The second-order valence-corrected chi connectivity index (χ2v) is 3.82. The highest BCUT2D eigenvalue weighted by Gasteiger charge is 2.06. The standard InChI is InChI=1S/C9H9IN2O/c1-12-9(10)7-5-6(13-2)3-4-8(7)11-12/h3-5H,1-2H3. The van der Waals surface area contributed by atoms with Crippen LogP contribution in [0.1, 0.15) is 0 Å². The number of nitrogens with zero attached hydrogens (tertiary/aromatic N) is 2. The number of aromatic nitrogens is 2. The molecule has 0 saturated carbocycles. The van der Waals surface area contributed by atoms with Gasteiger partial charge in [-0.3, -0.25) is 4.68 Å². The second-order valence-electron chi connectivity index (χ2n) is 2.80. The Morgan fingerprint density at radius 2 is 2.23 bits per heavy atom. The highest BCUT2D eigenvalue weighted by molar-refractivity contribution is 14.1. The van der Waals surface area contributed by atoms with Crippen LogP contribution >= 0.6 is 22.6 Å². The molecule has 2 rings (SSSR count). The van der Waals surface area contributed by atoms with Crippen molar-refractivity contribution >= 4 is 33.5 Å². The van der Waals surface area contributed by atoms with Crippen molar-refractivity contribution in [1.82, 2.24) is 9.78 Å². The van der Waals surface area contributed by atoms with Crippen LogP contribution in [0.2, 0.25) is 0 Å². The Morgan fingerprint density at radius 3 is 2.92 bits per heavy atom. The summed E-state index contributed by atoms with van der Waals surface area (Å²) in [5, 5.41) is 5.48. The maximum absolute atomic E-state index is 5.15. The van der Waals surface area contributed by atoms with Crippen molar-refractivity contribution < 1.29 is 4.74 Å². The molecule has 0 spiro atoms. The summed E-state index contributed by atoms with van der Waals surface area (Å²) in [5.74, 6) is 0.874. The van der Waals surface area contributed by atoms with Crippen LogP contribution in [-0.4, -0.2) is 16.9 Å². The molecule has 4 heteroatoms.